The van der Waals surface area contributed by atoms with Crippen molar-refractivity contribution < 1.29 is 26.9 Å². The molecule has 2 heterocycles. The predicted molar refractivity (Wildman–Crippen MR) is 111 cm³/mol. The van der Waals surface area contributed by atoms with E-state index in [2.05, 4.69) is 9.97 Å². The van der Waals surface area contributed by atoms with Crippen LogP contribution in [0.1, 0.15) is 30.6 Å². The first-order valence-electron chi connectivity index (χ1n) is 9.69. The molecule has 0 radical (unpaired) electrons. The van der Waals surface area contributed by atoms with Crippen LogP contribution in [0, 0.1) is 28.7 Å². The van der Waals surface area contributed by atoms with Gasteiger partial charge in [-0.2, -0.15) is 0 Å². The Morgan fingerprint density at radius 3 is 2.47 bits per heavy atom. The van der Waals surface area contributed by atoms with Gasteiger partial charge in [0.15, 0.2) is 9.84 Å². The fourth-order valence-electron chi connectivity index (χ4n) is 3.67. The van der Waals surface area contributed by atoms with Gasteiger partial charge in [-0.1, -0.05) is 6.07 Å². The van der Waals surface area contributed by atoms with Gasteiger partial charge in [-0.05, 0) is 32.9 Å². The molecule has 1 aromatic carbocycles. The van der Waals surface area contributed by atoms with Gasteiger partial charge >= 0.3 is 5.69 Å². The minimum Gasteiger partial charge on any atom is -0.372 e. The van der Waals surface area contributed by atoms with Gasteiger partial charge in [-0.3, -0.25) is 10.1 Å². The minimum atomic E-state index is -4.82. The van der Waals surface area contributed by atoms with Crippen molar-refractivity contribution >= 4 is 21.3 Å². The van der Waals surface area contributed by atoms with Gasteiger partial charge < -0.3 is 15.4 Å². The average molecular weight is 471 g/mol. The van der Waals surface area contributed by atoms with Gasteiger partial charge in [0.25, 0.3) is 0 Å². The SMILES string of the molecule is Cc1nc(C(CN)S(=O)(=O)c2c(F)cccc2F)c([N+](=O)[O-])c(N2CCOC(C)(C)C2)n1. The predicted octanol–water partition coefficient (Wildman–Crippen LogP) is 2.06. The lowest BCUT2D eigenvalue weighted by Crippen LogP contribution is -2.49. The number of halogens is 2. The summed E-state index contributed by atoms with van der Waals surface area (Å²) in [6.07, 6.45) is 0. The third-order valence-electron chi connectivity index (χ3n) is 5.01. The lowest BCUT2D eigenvalue weighted by molar-refractivity contribution is -0.385. The van der Waals surface area contributed by atoms with Crippen molar-refractivity contribution in [3.8, 4) is 0 Å². The molecule has 1 aliphatic heterocycles. The number of sulfone groups is 1. The normalized spacial score (nSPS) is 17.2. The third-order valence-corrected chi connectivity index (χ3v) is 7.13. The Balaban J connectivity index is 2.24. The highest BCUT2D eigenvalue weighted by Gasteiger charge is 2.42. The van der Waals surface area contributed by atoms with Crippen molar-refractivity contribution in [2.45, 2.75) is 36.5 Å². The molecule has 10 nitrogen and oxygen atoms in total. The summed E-state index contributed by atoms with van der Waals surface area (Å²) < 4.78 is 60.6. The number of morpholine rings is 1. The maximum absolute atomic E-state index is 14.3. The summed E-state index contributed by atoms with van der Waals surface area (Å²) in [6, 6.07) is 2.57. The highest BCUT2D eigenvalue weighted by atomic mass is 32.2. The van der Waals surface area contributed by atoms with Crippen LogP contribution in [-0.2, 0) is 14.6 Å². The number of benzene rings is 1. The highest BCUT2D eigenvalue weighted by molar-refractivity contribution is 7.91. The van der Waals surface area contributed by atoms with Crippen LogP contribution in [0.25, 0.3) is 0 Å². The first-order chi connectivity index (χ1) is 14.9. The highest BCUT2D eigenvalue weighted by Crippen LogP contribution is 2.39. The van der Waals surface area contributed by atoms with Crippen molar-refractivity contribution in [1.29, 1.82) is 0 Å². The minimum absolute atomic E-state index is 0.0487. The van der Waals surface area contributed by atoms with E-state index in [4.69, 9.17) is 10.5 Å². The van der Waals surface area contributed by atoms with Crippen molar-refractivity contribution in [1.82, 2.24) is 9.97 Å². The number of hydrogen-bond donors (Lipinski definition) is 1. The van der Waals surface area contributed by atoms with Gasteiger partial charge in [-0.25, -0.2) is 27.2 Å². The Bertz CT molecular complexity index is 1140. The number of nitro groups is 1. The molecule has 1 fully saturated rings. The second-order valence-electron chi connectivity index (χ2n) is 7.94. The summed E-state index contributed by atoms with van der Waals surface area (Å²) in [5, 5.41) is 10.2. The number of rotatable bonds is 6. The molecule has 2 aromatic rings. The number of aryl methyl sites for hydroxylation is 1. The molecule has 0 amide bonds. The lowest BCUT2D eigenvalue weighted by atomic mass is 10.1. The molecule has 3 rings (SSSR count). The molecule has 32 heavy (non-hydrogen) atoms. The van der Waals surface area contributed by atoms with Crippen LogP contribution in [-0.4, -0.2) is 55.2 Å². The molecule has 13 heteroatoms. The number of aromatic nitrogens is 2. The second kappa shape index (κ2) is 8.64. The standard InChI is InChI=1S/C19H23F2N5O5S/c1-11-23-15(14(9-22)32(29,30)17-12(20)5-4-6-13(17)21)16(26(27)28)18(24-11)25-7-8-31-19(2,3)10-25/h4-6,14H,7-10,22H2,1-3H3. The Morgan fingerprint density at radius 2 is 1.94 bits per heavy atom. The van der Waals surface area contributed by atoms with Crippen LogP contribution in [0.15, 0.2) is 23.1 Å². The van der Waals surface area contributed by atoms with E-state index in [1.165, 1.54) is 6.92 Å². The maximum atomic E-state index is 14.3. The van der Waals surface area contributed by atoms with Crippen molar-refractivity contribution in [3.05, 3.63) is 51.5 Å². The molecular formula is C19H23F2N5O5S. The maximum Gasteiger partial charge on any atom is 0.334 e. The summed E-state index contributed by atoms with van der Waals surface area (Å²) in [7, 11) is -4.82. The molecule has 1 aromatic heterocycles. The van der Waals surface area contributed by atoms with E-state index < -0.39 is 60.1 Å². The van der Waals surface area contributed by atoms with Crippen LogP contribution in [0.2, 0.25) is 0 Å². The fraction of sp³-hybridized carbons (Fsp3) is 0.474. The fourth-order valence-corrected chi connectivity index (χ4v) is 5.35. The quantitative estimate of drug-likeness (QED) is 0.495. The monoisotopic (exact) mass is 471 g/mol. The van der Waals surface area contributed by atoms with E-state index in [-0.39, 0.29) is 31.3 Å². The Hall–Kier alpha value is -2.77. The van der Waals surface area contributed by atoms with E-state index in [0.29, 0.717) is 0 Å². The van der Waals surface area contributed by atoms with E-state index in [1.807, 2.05) is 0 Å². The summed E-state index contributed by atoms with van der Waals surface area (Å²) in [5.74, 6) is -2.71. The van der Waals surface area contributed by atoms with Crippen molar-refractivity contribution in [3.63, 3.8) is 0 Å². The zero-order chi connectivity index (χ0) is 23.8. The number of anilines is 1. The molecule has 0 spiro atoms. The Kier molecular flexibility index (Phi) is 6.45. The summed E-state index contributed by atoms with van der Waals surface area (Å²) in [5.41, 5.74) is 3.84. The van der Waals surface area contributed by atoms with Gasteiger partial charge in [0.2, 0.25) is 5.82 Å². The van der Waals surface area contributed by atoms with Crippen LogP contribution in [0.3, 0.4) is 0 Å². The number of hydrogen-bond acceptors (Lipinski definition) is 9. The second-order valence-corrected chi connectivity index (χ2v) is 10.0. The van der Waals surface area contributed by atoms with Crippen LogP contribution < -0.4 is 10.6 Å². The van der Waals surface area contributed by atoms with Crippen molar-refractivity contribution in [2.24, 2.45) is 5.73 Å². The molecule has 2 N–H and O–H groups in total. The molecule has 1 aliphatic rings. The average Bonchev–Trinajstić information content (AvgIpc) is 2.66. The van der Waals surface area contributed by atoms with E-state index >= 15 is 0 Å². The molecule has 1 unspecified atom stereocenters. The first kappa shape index (κ1) is 23.9. The summed E-state index contributed by atoms with van der Waals surface area (Å²) in [4.78, 5) is 19.8. The van der Waals surface area contributed by atoms with Crippen LogP contribution >= 0.6 is 0 Å². The first-order valence-corrected chi connectivity index (χ1v) is 11.2. The van der Waals surface area contributed by atoms with E-state index in [9.17, 15) is 27.3 Å². The lowest BCUT2D eigenvalue weighted by Gasteiger charge is -2.38. The summed E-state index contributed by atoms with van der Waals surface area (Å²) in [6.45, 7) is 5.12. The number of nitrogens with zero attached hydrogens (tertiary/aromatic N) is 4. The zero-order valence-electron chi connectivity index (χ0n) is 17.7. The van der Waals surface area contributed by atoms with Crippen LogP contribution in [0.4, 0.5) is 20.3 Å². The molecular weight excluding hydrogens is 448 g/mol. The van der Waals surface area contributed by atoms with Crippen molar-refractivity contribution in [2.75, 3.05) is 31.1 Å². The Labute approximate surface area is 183 Å². The molecule has 0 bridgehead atoms. The third kappa shape index (κ3) is 4.40. The zero-order valence-corrected chi connectivity index (χ0v) is 18.5. The van der Waals surface area contributed by atoms with E-state index in [1.54, 1.807) is 18.7 Å². The molecule has 0 saturated carbocycles. The van der Waals surface area contributed by atoms with Gasteiger partial charge in [0.05, 0.1) is 17.1 Å². The molecule has 174 valence electrons. The summed E-state index contributed by atoms with van der Waals surface area (Å²) >= 11 is 0. The Morgan fingerprint density at radius 1 is 1.31 bits per heavy atom. The number of ether oxygens (including phenoxy) is 1. The number of nitrogens with two attached hydrogens (primary N) is 1. The van der Waals surface area contributed by atoms with Gasteiger partial charge in [-0.15, -0.1) is 0 Å². The van der Waals surface area contributed by atoms with E-state index in [0.717, 1.165) is 18.2 Å². The molecule has 0 aliphatic carbocycles. The van der Waals surface area contributed by atoms with Gasteiger partial charge in [0.1, 0.15) is 33.3 Å². The van der Waals surface area contributed by atoms with Crippen LogP contribution in [0.5, 0.6) is 0 Å². The molecule has 1 atom stereocenters. The smallest absolute Gasteiger partial charge is 0.334 e. The topological polar surface area (TPSA) is 142 Å². The largest absolute Gasteiger partial charge is 0.372 e. The molecule has 1 saturated heterocycles. The van der Waals surface area contributed by atoms with Gasteiger partial charge in [0, 0.05) is 19.6 Å².